The number of carbonyl (C=O) groups excluding carboxylic acids is 1. The molecular weight excluding hydrogens is 166 g/mol. The molecule has 0 saturated heterocycles. The van der Waals surface area contributed by atoms with Gasteiger partial charge in [0, 0.05) is 11.6 Å². The number of amides is 1. The van der Waals surface area contributed by atoms with Crippen LogP contribution in [0.25, 0.3) is 0 Å². The molecule has 2 rings (SSSR count). The molecular formula is C10H9NO2. The van der Waals surface area contributed by atoms with E-state index in [0.29, 0.717) is 5.56 Å². The molecule has 1 aliphatic rings. The normalized spacial score (nSPS) is 26.1. The Morgan fingerprint density at radius 1 is 1.23 bits per heavy atom. The van der Waals surface area contributed by atoms with Crippen LogP contribution in [0.4, 0.5) is 0 Å². The Bertz CT molecular complexity index is 358. The third-order valence-corrected chi connectivity index (χ3v) is 2.00. The van der Waals surface area contributed by atoms with E-state index in [4.69, 9.17) is 0 Å². The lowest BCUT2D eigenvalue weighted by Crippen LogP contribution is -2.38. The Morgan fingerprint density at radius 2 is 1.92 bits per heavy atom. The monoisotopic (exact) mass is 175 g/mol. The summed E-state index contributed by atoms with van der Waals surface area (Å²) in [4.78, 5) is 10.9. The second kappa shape index (κ2) is 2.71. The van der Waals surface area contributed by atoms with Gasteiger partial charge in [-0.3, -0.25) is 4.79 Å². The van der Waals surface area contributed by atoms with E-state index < -0.39 is 5.72 Å². The highest BCUT2D eigenvalue weighted by Gasteiger charge is 2.31. The molecule has 0 saturated carbocycles. The van der Waals surface area contributed by atoms with Gasteiger partial charge in [0.05, 0.1) is 0 Å². The van der Waals surface area contributed by atoms with E-state index in [2.05, 4.69) is 5.32 Å². The first-order chi connectivity index (χ1) is 6.21. The van der Waals surface area contributed by atoms with Gasteiger partial charge in [0.1, 0.15) is 0 Å². The molecule has 0 aliphatic carbocycles. The predicted octanol–water partition coefficient (Wildman–Crippen LogP) is 0.518. The predicted molar refractivity (Wildman–Crippen MR) is 47.6 cm³/mol. The number of hydrogen-bond donors (Lipinski definition) is 2. The van der Waals surface area contributed by atoms with Gasteiger partial charge < -0.3 is 10.4 Å². The fraction of sp³-hybridized carbons (Fsp3) is 0.100. The maximum atomic E-state index is 10.9. The van der Waals surface area contributed by atoms with Gasteiger partial charge in [0.25, 0.3) is 0 Å². The molecule has 2 N–H and O–H groups in total. The summed E-state index contributed by atoms with van der Waals surface area (Å²) in [6.45, 7) is 0. The van der Waals surface area contributed by atoms with Gasteiger partial charge in [-0.15, -0.1) is 0 Å². The molecule has 0 spiro atoms. The molecule has 0 radical (unpaired) electrons. The first kappa shape index (κ1) is 8.01. The molecule has 0 bridgehead atoms. The number of hydrogen-bond acceptors (Lipinski definition) is 2. The lowest BCUT2D eigenvalue weighted by Gasteiger charge is -2.21. The zero-order valence-electron chi connectivity index (χ0n) is 6.90. The number of carbonyl (C=O) groups is 1. The van der Waals surface area contributed by atoms with Gasteiger partial charge >= 0.3 is 0 Å². The van der Waals surface area contributed by atoms with Crippen molar-refractivity contribution in [1.82, 2.24) is 5.32 Å². The van der Waals surface area contributed by atoms with Crippen molar-refractivity contribution in [2.24, 2.45) is 0 Å². The van der Waals surface area contributed by atoms with Crippen LogP contribution >= 0.6 is 0 Å². The fourth-order valence-corrected chi connectivity index (χ4v) is 1.33. The minimum absolute atomic E-state index is 0.272. The van der Waals surface area contributed by atoms with Crippen LogP contribution in [0.15, 0.2) is 42.5 Å². The van der Waals surface area contributed by atoms with Crippen LogP contribution in [0, 0.1) is 0 Å². The molecule has 13 heavy (non-hydrogen) atoms. The van der Waals surface area contributed by atoms with E-state index in [1.807, 2.05) is 18.2 Å². The zero-order valence-corrected chi connectivity index (χ0v) is 6.90. The van der Waals surface area contributed by atoms with E-state index in [1.165, 1.54) is 12.2 Å². The highest BCUT2D eigenvalue weighted by molar-refractivity contribution is 5.91. The SMILES string of the molecule is O=C1C=CC(O)(c2ccccc2)N1. The van der Waals surface area contributed by atoms with E-state index in [-0.39, 0.29) is 5.91 Å². The van der Waals surface area contributed by atoms with Gasteiger partial charge in [0.2, 0.25) is 5.91 Å². The van der Waals surface area contributed by atoms with Crippen LogP contribution in [0.3, 0.4) is 0 Å². The standard InChI is InChI=1S/C10H9NO2/c12-9-6-7-10(13,11-9)8-4-2-1-3-5-8/h1-7,13H,(H,11,12). The van der Waals surface area contributed by atoms with E-state index in [9.17, 15) is 9.90 Å². The summed E-state index contributed by atoms with van der Waals surface area (Å²) in [5.74, 6) is -0.272. The van der Waals surface area contributed by atoms with Gasteiger partial charge in [-0.1, -0.05) is 30.3 Å². The van der Waals surface area contributed by atoms with E-state index >= 15 is 0 Å². The summed E-state index contributed by atoms with van der Waals surface area (Å²) in [6.07, 6.45) is 2.78. The van der Waals surface area contributed by atoms with Crippen LogP contribution in [0.2, 0.25) is 0 Å². The number of aliphatic hydroxyl groups is 1. The Morgan fingerprint density at radius 3 is 2.46 bits per heavy atom. The smallest absolute Gasteiger partial charge is 0.246 e. The van der Waals surface area contributed by atoms with Crippen LogP contribution < -0.4 is 5.32 Å². The summed E-state index contributed by atoms with van der Waals surface area (Å²) in [5, 5.41) is 12.4. The summed E-state index contributed by atoms with van der Waals surface area (Å²) in [5.41, 5.74) is -0.657. The number of benzene rings is 1. The minimum atomic E-state index is -1.32. The second-order valence-electron chi connectivity index (χ2n) is 2.95. The molecule has 1 aromatic carbocycles. The van der Waals surface area contributed by atoms with Crippen molar-refractivity contribution in [3.8, 4) is 0 Å². The Kier molecular flexibility index (Phi) is 1.67. The molecule has 1 unspecified atom stereocenters. The van der Waals surface area contributed by atoms with Gasteiger partial charge in [-0.05, 0) is 6.08 Å². The molecule has 1 aromatic rings. The van der Waals surface area contributed by atoms with Crippen LogP contribution in [0.1, 0.15) is 5.56 Å². The average molecular weight is 175 g/mol. The fourth-order valence-electron chi connectivity index (χ4n) is 1.33. The van der Waals surface area contributed by atoms with Crippen molar-refractivity contribution >= 4 is 5.91 Å². The maximum Gasteiger partial charge on any atom is 0.246 e. The third kappa shape index (κ3) is 1.34. The van der Waals surface area contributed by atoms with E-state index in [1.54, 1.807) is 12.1 Å². The van der Waals surface area contributed by atoms with Crippen molar-refractivity contribution in [1.29, 1.82) is 0 Å². The second-order valence-corrected chi connectivity index (χ2v) is 2.95. The Hall–Kier alpha value is -1.61. The van der Waals surface area contributed by atoms with E-state index in [0.717, 1.165) is 0 Å². The van der Waals surface area contributed by atoms with Crippen molar-refractivity contribution in [3.05, 3.63) is 48.0 Å². The maximum absolute atomic E-state index is 10.9. The van der Waals surface area contributed by atoms with Gasteiger partial charge in [0.15, 0.2) is 5.72 Å². The van der Waals surface area contributed by atoms with Crippen molar-refractivity contribution in [2.75, 3.05) is 0 Å². The molecule has 1 aliphatic heterocycles. The summed E-state index contributed by atoms with van der Waals surface area (Å²) in [6, 6.07) is 9.00. The first-order valence-corrected chi connectivity index (χ1v) is 4.00. The first-order valence-electron chi connectivity index (χ1n) is 4.00. The Labute approximate surface area is 75.7 Å². The number of nitrogens with one attached hydrogen (secondary N) is 1. The number of rotatable bonds is 1. The summed E-state index contributed by atoms with van der Waals surface area (Å²) < 4.78 is 0. The summed E-state index contributed by atoms with van der Waals surface area (Å²) >= 11 is 0. The lowest BCUT2D eigenvalue weighted by molar-refractivity contribution is -0.120. The molecule has 3 heteroatoms. The highest BCUT2D eigenvalue weighted by atomic mass is 16.3. The molecule has 1 atom stereocenters. The molecule has 3 nitrogen and oxygen atoms in total. The van der Waals surface area contributed by atoms with Crippen LogP contribution in [0.5, 0.6) is 0 Å². The largest absolute Gasteiger partial charge is 0.364 e. The highest BCUT2D eigenvalue weighted by Crippen LogP contribution is 2.22. The topological polar surface area (TPSA) is 49.3 Å². The van der Waals surface area contributed by atoms with Crippen molar-refractivity contribution in [2.45, 2.75) is 5.72 Å². The van der Waals surface area contributed by atoms with Crippen molar-refractivity contribution in [3.63, 3.8) is 0 Å². The summed E-state index contributed by atoms with van der Waals surface area (Å²) in [7, 11) is 0. The molecule has 66 valence electrons. The third-order valence-electron chi connectivity index (χ3n) is 2.00. The van der Waals surface area contributed by atoms with Crippen molar-refractivity contribution < 1.29 is 9.90 Å². The van der Waals surface area contributed by atoms with Crippen LogP contribution in [-0.2, 0) is 10.5 Å². The lowest BCUT2D eigenvalue weighted by atomic mass is 10.0. The molecule has 1 heterocycles. The van der Waals surface area contributed by atoms with Crippen LogP contribution in [-0.4, -0.2) is 11.0 Å². The zero-order chi connectivity index (χ0) is 9.31. The molecule has 1 amide bonds. The van der Waals surface area contributed by atoms with Gasteiger partial charge in [-0.2, -0.15) is 0 Å². The molecule has 0 aromatic heterocycles. The minimum Gasteiger partial charge on any atom is -0.364 e. The average Bonchev–Trinajstić information content (AvgIpc) is 2.49. The molecule has 0 fully saturated rings. The Balaban J connectivity index is 2.37. The van der Waals surface area contributed by atoms with Gasteiger partial charge in [-0.25, -0.2) is 0 Å². The quantitative estimate of drug-likeness (QED) is 0.653.